The van der Waals surface area contributed by atoms with Gasteiger partial charge in [-0.3, -0.25) is 4.40 Å². The van der Waals surface area contributed by atoms with Crippen molar-refractivity contribution in [1.29, 1.82) is 0 Å². The molecule has 120 valence electrons. The van der Waals surface area contributed by atoms with Crippen LogP contribution < -0.4 is 9.47 Å². The van der Waals surface area contributed by atoms with Crippen LogP contribution in [0.5, 0.6) is 11.5 Å². The van der Waals surface area contributed by atoms with Crippen molar-refractivity contribution in [2.24, 2.45) is 0 Å². The van der Waals surface area contributed by atoms with Crippen LogP contribution in [-0.2, 0) is 0 Å². The molecule has 0 bridgehead atoms. The molecule has 0 saturated heterocycles. The Morgan fingerprint density at radius 1 is 1.30 bits per heavy atom. The molecule has 6 nitrogen and oxygen atoms in total. The van der Waals surface area contributed by atoms with E-state index in [1.807, 2.05) is 37.4 Å². The Kier molecular flexibility index (Phi) is 4.20. The second-order valence-electron chi connectivity index (χ2n) is 4.73. The first kappa shape index (κ1) is 15.4. The van der Waals surface area contributed by atoms with Crippen LogP contribution >= 0.6 is 11.3 Å². The lowest BCUT2D eigenvalue weighted by Crippen LogP contribution is -1.98. The smallest absolute Gasteiger partial charge is 0.356 e. The third-order valence-corrected chi connectivity index (χ3v) is 4.11. The quantitative estimate of drug-likeness (QED) is 0.747. The number of rotatable bonds is 6. The van der Waals surface area contributed by atoms with Gasteiger partial charge in [-0.15, -0.1) is 11.3 Å². The number of aromatic carboxylic acids is 1. The largest absolute Gasteiger partial charge is 0.494 e. The van der Waals surface area contributed by atoms with Crippen molar-refractivity contribution >= 4 is 22.3 Å². The van der Waals surface area contributed by atoms with Gasteiger partial charge in [0, 0.05) is 17.1 Å². The van der Waals surface area contributed by atoms with Gasteiger partial charge in [-0.2, -0.15) is 0 Å². The number of fused-ring (bicyclic) bond motifs is 1. The maximum Gasteiger partial charge on any atom is 0.356 e. The molecular weight excluding hydrogens is 316 g/mol. The zero-order valence-electron chi connectivity index (χ0n) is 12.8. The topological polar surface area (TPSA) is 73.1 Å². The highest BCUT2D eigenvalue weighted by atomic mass is 32.1. The molecule has 7 heteroatoms. The molecule has 0 atom stereocenters. The predicted molar refractivity (Wildman–Crippen MR) is 87.8 cm³/mol. The highest BCUT2D eigenvalue weighted by Crippen LogP contribution is 2.36. The third kappa shape index (κ3) is 2.87. The summed E-state index contributed by atoms with van der Waals surface area (Å²) in [4.78, 5) is 15.8. The van der Waals surface area contributed by atoms with Crippen molar-refractivity contribution in [2.45, 2.75) is 13.8 Å². The average molecular weight is 332 g/mol. The first-order valence-electron chi connectivity index (χ1n) is 7.24. The van der Waals surface area contributed by atoms with E-state index >= 15 is 0 Å². The Labute approximate surface area is 136 Å². The fraction of sp³-hybridized carbons (Fsp3) is 0.250. The van der Waals surface area contributed by atoms with Crippen molar-refractivity contribution in [3.63, 3.8) is 0 Å². The van der Waals surface area contributed by atoms with E-state index in [0.717, 1.165) is 22.8 Å². The number of aromatic nitrogens is 2. The van der Waals surface area contributed by atoms with Crippen molar-refractivity contribution in [2.75, 3.05) is 13.2 Å². The third-order valence-electron chi connectivity index (χ3n) is 3.27. The van der Waals surface area contributed by atoms with Gasteiger partial charge in [0.25, 0.3) is 0 Å². The number of hydrogen-bond acceptors (Lipinski definition) is 5. The van der Waals surface area contributed by atoms with Gasteiger partial charge in [0.05, 0.1) is 18.9 Å². The van der Waals surface area contributed by atoms with Gasteiger partial charge >= 0.3 is 5.97 Å². The Morgan fingerprint density at radius 3 is 2.78 bits per heavy atom. The molecule has 3 aromatic rings. The molecule has 1 aromatic carbocycles. The van der Waals surface area contributed by atoms with Crippen LogP contribution in [0, 0.1) is 0 Å². The Morgan fingerprint density at radius 2 is 2.09 bits per heavy atom. The summed E-state index contributed by atoms with van der Waals surface area (Å²) in [5.41, 5.74) is 1.70. The summed E-state index contributed by atoms with van der Waals surface area (Å²) in [5.74, 6) is 0.421. The molecule has 0 radical (unpaired) electrons. The lowest BCUT2D eigenvalue weighted by atomic mass is 10.1. The molecule has 0 saturated carbocycles. The number of hydrogen-bond donors (Lipinski definition) is 1. The van der Waals surface area contributed by atoms with Crippen molar-refractivity contribution in [3.05, 3.63) is 35.5 Å². The molecule has 0 unspecified atom stereocenters. The molecule has 0 amide bonds. The molecule has 0 aliphatic heterocycles. The summed E-state index contributed by atoms with van der Waals surface area (Å²) in [6.45, 7) is 4.95. The lowest BCUT2D eigenvalue weighted by Gasteiger charge is -2.12. The second kappa shape index (κ2) is 6.29. The van der Waals surface area contributed by atoms with Crippen LogP contribution in [0.2, 0.25) is 0 Å². The van der Waals surface area contributed by atoms with Gasteiger partial charge in [0.15, 0.2) is 10.7 Å². The number of carbonyl (C=O) groups is 1. The molecule has 0 aliphatic rings. The average Bonchev–Trinajstić information content (AvgIpc) is 3.09. The number of imidazole rings is 1. The summed E-state index contributed by atoms with van der Waals surface area (Å²) in [6.07, 6.45) is 1.52. The van der Waals surface area contributed by atoms with E-state index in [1.54, 1.807) is 4.40 Å². The fourth-order valence-electron chi connectivity index (χ4n) is 2.33. The first-order valence-corrected chi connectivity index (χ1v) is 8.12. The van der Waals surface area contributed by atoms with Gasteiger partial charge in [-0.05, 0) is 32.0 Å². The highest BCUT2D eigenvalue weighted by Gasteiger charge is 2.17. The first-order chi connectivity index (χ1) is 11.1. The maximum atomic E-state index is 11.1. The zero-order chi connectivity index (χ0) is 16.4. The van der Waals surface area contributed by atoms with Gasteiger partial charge < -0.3 is 14.6 Å². The summed E-state index contributed by atoms with van der Waals surface area (Å²) in [5, 5.41) is 11.0. The fourth-order valence-corrected chi connectivity index (χ4v) is 3.20. The van der Waals surface area contributed by atoms with Gasteiger partial charge in [0.2, 0.25) is 0 Å². The SMILES string of the molecule is CCOc1ccc(OCC)c(-c2csc3nc(C(=O)O)cn23)c1. The number of thiazole rings is 1. The minimum absolute atomic E-state index is 0.0250. The Bertz CT molecular complexity index is 853. The van der Waals surface area contributed by atoms with E-state index in [0.29, 0.717) is 18.2 Å². The monoisotopic (exact) mass is 332 g/mol. The van der Waals surface area contributed by atoms with Crippen LogP contribution in [0.3, 0.4) is 0 Å². The van der Waals surface area contributed by atoms with E-state index < -0.39 is 5.97 Å². The molecule has 23 heavy (non-hydrogen) atoms. The number of benzene rings is 1. The molecule has 0 fully saturated rings. The molecule has 0 aliphatic carbocycles. The molecule has 1 N–H and O–H groups in total. The summed E-state index contributed by atoms with van der Waals surface area (Å²) in [6, 6.07) is 5.62. The molecule has 2 aromatic heterocycles. The zero-order valence-corrected chi connectivity index (χ0v) is 13.6. The van der Waals surface area contributed by atoms with Crippen molar-refractivity contribution < 1.29 is 19.4 Å². The summed E-state index contributed by atoms with van der Waals surface area (Å²) < 4.78 is 13.0. The van der Waals surface area contributed by atoms with E-state index in [9.17, 15) is 4.79 Å². The highest BCUT2D eigenvalue weighted by molar-refractivity contribution is 7.15. The Hall–Kier alpha value is -2.54. The van der Waals surface area contributed by atoms with Gasteiger partial charge in [0.1, 0.15) is 11.5 Å². The Balaban J connectivity index is 2.15. The van der Waals surface area contributed by atoms with E-state index in [2.05, 4.69) is 4.98 Å². The standard InChI is InChI=1S/C16H16N2O4S/c1-3-21-10-5-6-14(22-4-2)11(7-10)13-9-23-16-17-12(15(19)20)8-18(13)16/h5-9H,3-4H2,1-2H3,(H,19,20). The van der Waals surface area contributed by atoms with Crippen LogP contribution in [0.1, 0.15) is 24.3 Å². The number of carboxylic acids is 1. The summed E-state index contributed by atoms with van der Waals surface area (Å²) >= 11 is 1.39. The van der Waals surface area contributed by atoms with Gasteiger partial charge in [-0.25, -0.2) is 9.78 Å². The van der Waals surface area contributed by atoms with E-state index in [4.69, 9.17) is 14.6 Å². The van der Waals surface area contributed by atoms with Crippen LogP contribution in [0.15, 0.2) is 29.8 Å². The number of nitrogens with zero attached hydrogens (tertiary/aromatic N) is 2. The van der Waals surface area contributed by atoms with Crippen LogP contribution in [-0.4, -0.2) is 33.7 Å². The molecular formula is C16H16N2O4S. The molecule has 0 spiro atoms. The summed E-state index contributed by atoms with van der Waals surface area (Å²) in [7, 11) is 0. The lowest BCUT2D eigenvalue weighted by molar-refractivity contribution is 0.0691. The van der Waals surface area contributed by atoms with Crippen molar-refractivity contribution in [1.82, 2.24) is 9.38 Å². The van der Waals surface area contributed by atoms with Crippen LogP contribution in [0.25, 0.3) is 16.2 Å². The number of ether oxygens (including phenoxy) is 2. The predicted octanol–water partition coefficient (Wildman–Crippen LogP) is 3.56. The molecule has 2 heterocycles. The van der Waals surface area contributed by atoms with E-state index in [1.165, 1.54) is 17.5 Å². The second-order valence-corrected chi connectivity index (χ2v) is 5.57. The minimum Gasteiger partial charge on any atom is -0.494 e. The number of carboxylic acid groups (broad SMARTS) is 1. The van der Waals surface area contributed by atoms with Crippen molar-refractivity contribution in [3.8, 4) is 22.8 Å². The maximum absolute atomic E-state index is 11.1. The van der Waals surface area contributed by atoms with E-state index in [-0.39, 0.29) is 5.69 Å². The van der Waals surface area contributed by atoms with Gasteiger partial charge in [-0.1, -0.05) is 0 Å². The van der Waals surface area contributed by atoms with Crippen LogP contribution in [0.4, 0.5) is 0 Å². The minimum atomic E-state index is -1.04. The molecule has 3 rings (SSSR count). The normalized spacial score (nSPS) is 10.9.